The van der Waals surface area contributed by atoms with E-state index in [1.54, 1.807) is 49.4 Å². The van der Waals surface area contributed by atoms with Crippen LogP contribution in [-0.4, -0.2) is 46.1 Å². The zero-order chi connectivity index (χ0) is 31.8. The van der Waals surface area contributed by atoms with Crippen molar-refractivity contribution in [2.24, 2.45) is 4.99 Å². The minimum atomic E-state index is -0.693. The lowest BCUT2D eigenvalue weighted by Crippen LogP contribution is -2.33. The molecule has 44 heavy (non-hydrogen) atoms. The van der Waals surface area contributed by atoms with Gasteiger partial charge in [-0.25, -0.2) is 13.2 Å². The second kappa shape index (κ2) is 14.6. The van der Waals surface area contributed by atoms with Gasteiger partial charge in [0, 0.05) is 41.9 Å². The third-order valence-corrected chi connectivity index (χ3v) is 7.77. The normalized spacial score (nSPS) is 11.2. The Morgan fingerprint density at radius 1 is 0.795 bits per heavy atom. The Balaban J connectivity index is 1.66. The third kappa shape index (κ3) is 7.23. The van der Waals surface area contributed by atoms with Crippen molar-refractivity contribution in [1.29, 1.82) is 0 Å². The molecule has 0 saturated carbocycles. The standard InChI is InChI=1S/C33H32F3N3O4S/c1-37-18-33(38(2)23-9-13-30(41-3)32(16-23)43-5)39(24-8-12-27(34)31(17-24)42-4)20-44-19-26-28(35)14-22(15-29(26)36)21-6-10-25(40)11-7-21/h6-18,40H,1,19-20H2,2-5H3/b33-18-. The number of benzene rings is 4. The van der Waals surface area contributed by atoms with Gasteiger partial charge >= 0.3 is 0 Å². The Hall–Kier alpha value is -4.77. The van der Waals surface area contributed by atoms with E-state index in [0.29, 0.717) is 39.8 Å². The van der Waals surface area contributed by atoms with Gasteiger partial charge < -0.3 is 29.1 Å². The molecule has 0 aromatic heterocycles. The molecule has 11 heteroatoms. The van der Waals surface area contributed by atoms with Gasteiger partial charge in [-0.1, -0.05) is 12.1 Å². The summed E-state index contributed by atoms with van der Waals surface area (Å²) in [6, 6.07) is 18.4. The van der Waals surface area contributed by atoms with Gasteiger partial charge in [0.1, 0.15) is 23.2 Å². The van der Waals surface area contributed by atoms with E-state index >= 15 is 8.78 Å². The van der Waals surface area contributed by atoms with E-state index in [1.807, 2.05) is 11.0 Å². The molecule has 4 aromatic carbocycles. The van der Waals surface area contributed by atoms with Gasteiger partial charge in [-0.05, 0) is 66.4 Å². The van der Waals surface area contributed by atoms with Gasteiger partial charge in [-0.2, -0.15) is 0 Å². The van der Waals surface area contributed by atoms with Crippen LogP contribution in [-0.2, 0) is 5.75 Å². The molecule has 0 bridgehead atoms. The first kappa shape index (κ1) is 32.2. The van der Waals surface area contributed by atoms with E-state index in [4.69, 9.17) is 14.2 Å². The van der Waals surface area contributed by atoms with Crippen molar-refractivity contribution in [1.82, 2.24) is 0 Å². The van der Waals surface area contributed by atoms with Crippen molar-refractivity contribution in [3.63, 3.8) is 0 Å². The van der Waals surface area contributed by atoms with Gasteiger partial charge in [0.15, 0.2) is 23.1 Å². The highest BCUT2D eigenvalue weighted by atomic mass is 32.2. The molecule has 0 saturated heterocycles. The smallest absolute Gasteiger partial charge is 0.165 e. The third-order valence-electron chi connectivity index (χ3n) is 6.84. The number of nitrogens with zero attached hydrogens (tertiary/aromatic N) is 3. The van der Waals surface area contributed by atoms with Gasteiger partial charge in [0.05, 0.1) is 33.4 Å². The summed E-state index contributed by atoms with van der Waals surface area (Å²) in [4.78, 5) is 7.63. The molecule has 0 spiro atoms. The summed E-state index contributed by atoms with van der Waals surface area (Å²) >= 11 is 1.24. The van der Waals surface area contributed by atoms with Gasteiger partial charge in [-0.15, -0.1) is 11.8 Å². The van der Waals surface area contributed by atoms with Crippen LogP contribution in [0.2, 0.25) is 0 Å². The van der Waals surface area contributed by atoms with Gasteiger partial charge in [0.2, 0.25) is 0 Å². The highest BCUT2D eigenvalue weighted by molar-refractivity contribution is 7.98. The summed E-state index contributed by atoms with van der Waals surface area (Å²) in [5.74, 6) is -0.0738. The predicted molar refractivity (Wildman–Crippen MR) is 171 cm³/mol. The van der Waals surface area contributed by atoms with Crippen molar-refractivity contribution < 1.29 is 32.5 Å². The highest BCUT2D eigenvalue weighted by Gasteiger charge is 2.21. The van der Waals surface area contributed by atoms with Crippen molar-refractivity contribution >= 4 is 29.9 Å². The van der Waals surface area contributed by atoms with Crippen LogP contribution in [0, 0.1) is 17.5 Å². The highest BCUT2D eigenvalue weighted by Crippen LogP contribution is 2.36. The monoisotopic (exact) mass is 623 g/mol. The summed E-state index contributed by atoms with van der Waals surface area (Å²) in [5.41, 5.74) is 2.09. The number of aliphatic imine (C=N–C) groups is 1. The minimum Gasteiger partial charge on any atom is -0.508 e. The van der Waals surface area contributed by atoms with Crippen LogP contribution < -0.4 is 24.0 Å². The fourth-order valence-corrected chi connectivity index (χ4v) is 5.51. The number of methoxy groups -OCH3 is 3. The molecule has 0 aliphatic heterocycles. The van der Waals surface area contributed by atoms with E-state index < -0.39 is 17.5 Å². The number of anilines is 2. The minimum absolute atomic E-state index is 0.00275. The maximum atomic E-state index is 15.2. The second-order valence-electron chi connectivity index (χ2n) is 9.46. The van der Waals surface area contributed by atoms with E-state index in [2.05, 4.69) is 11.7 Å². The Labute approximate surface area is 258 Å². The molecular formula is C33H32F3N3O4S. The topological polar surface area (TPSA) is 66.8 Å². The van der Waals surface area contributed by atoms with Crippen molar-refractivity contribution in [2.75, 3.05) is 44.1 Å². The molecule has 4 rings (SSSR count). The lowest BCUT2D eigenvalue weighted by Gasteiger charge is -2.33. The average Bonchev–Trinajstić information content (AvgIpc) is 3.03. The Morgan fingerprint density at radius 3 is 2.02 bits per heavy atom. The van der Waals surface area contributed by atoms with Crippen molar-refractivity contribution in [3.05, 3.63) is 108 Å². The molecule has 0 amide bonds. The maximum absolute atomic E-state index is 15.2. The molecule has 0 aliphatic rings. The molecular weight excluding hydrogens is 591 g/mol. The number of aromatic hydroxyl groups is 1. The Bertz CT molecular complexity index is 1630. The molecule has 0 heterocycles. The van der Waals surface area contributed by atoms with Crippen molar-refractivity contribution in [3.8, 4) is 34.1 Å². The zero-order valence-electron chi connectivity index (χ0n) is 24.7. The summed E-state index contributed by atoms with van der Waals surface area (Å²) in [5, 5.41) is 9.53. The van der Waals surface area contributed by atoms with Crippen LogP contribution >= 0.6 is 11.8 Å². The molecule has 0 atom stereocenters. The first-order valence-corrected chi connectivity index (χ1v) is 14.4. The summed E-state index contributed by atoms with van der Waals surface area (Å²) in [7, 11) is 6.25. The number of thioether (sulfide) groups is 1. The summed E-state index contributed by atoms with van der Waals surface area (Å²) < 4.78 is 60.8. The molecule has 0 aliphatic carbocycles. The van der Waals surface area contributed by atoms with Crippen LogP contribution in [0.15, 0.2) is 89.8 Å². The summed E-state index contributed by atoms with van der Waals surface area (Å²) in [6.07, 6.45) is 1.53. The first-order chi connectivity index (χ1) is 21.2. The zero-order valence-corrected chi connectivity index (χ0v) is 25.5. The number of rotatable bonds is 13. The molecule has 0 radical (unpaired) electrons. The van der Waals surface area contributed by atoms with E-state index in [-0.39, 0.29) is 28.7 Å². The molecule has 0 unspecified atom stereocenters. The Kier molecular flexibility index (Phi) is 10.7. The fourth-order valence-electron chi connectivity index (χ4n) is 4.47. The largest absolute Gasteiger partial charge is 0.508 e. The summed E-state index contributed by atoms with van der Waals surface area (Å²) in [6.45, 7) is 3.62. The number of phenolic OH excluding ortho intramolecular Hbond substituents is 1. The number of hydrogen-bond acceptors (Lipinski definition) is 8. The van der Waals surface area contributed by atoms with Crippen LogP contribution in [0.1, 0.15) is 5.56 Å². The number of phenols is 1. The van der Waals surface area contributed by atoms with E-state index in [1.165, 1.54) is 68.6 Å². The van der Waals surface area contributed by atoms with Crippen molar-refractivity contribution in [2.45, 2.75) is 5.75 Å². The molecule has 1 N–H and O–H groups in total. The van der Waals surface area contributed by atoms with Gasteiger partial charge in [-0.3, -0.25) is 4.99 Å². The van der Waals surface area contributed by atoms with Crippen LogP contribution in [0.25, 0.3) is 11.1 Å². The van der Waals surface area contributed by atoms with Crippen LogP contribution in [0.4, 0.5) is 24.5 Å². The quantitative estimate of drug-likeness (QED) is 0.120. The maximum Gasteiger partial charge on any atom is 0.165 e. The van der Waals surface area contributed by atoms with Gasteiger partial charge in [0.25, 0.3) is 0 Å². The molecule has 7 nitrogen and oxygen atoms in total. The number of hydrogen-bond donors (Lipinski definition) is 1. The number of halogens is 3. The number of ether oxygens (including phenoxy) is 3. The fraction of sp³-hybridized carbons (Fsp3) is 0.182. The van der Waals surface area contributed by atoms with Crippen LogP contribution in [0.5, 0.6) is 23.0 Å². The molecule has 230 valence electrons. The lowest BCUT2D eigenvalue weighted by molar-refractivity contribution is 0.355. The van der Waals surface area contributed by atoms with E-state index in [0.717, 1.165) is 0 Å². The Morgan fingerprint density at radius 2 is 1.41 bits per heavy atom. The lowest BCUT2D eigenvalue weighted by atomic mass is 10.0. The SMILES string of the molecule is C=N/C=C(/N(C)c1ccc(OC)c(OC)c1)N(CSCc1c(F)cc(-c2ccc(O)cc2)cc1F)c1ccc(F)c(OC)c1. The molecule has 0 fully saturated rings. The molecule has 4 aromatic rings. The first-order valence-electron chi connectivity index (χ1n) is 13.3. The average molecular weight is 624 g/mol. The predicted octanol–water partition coefficient (Wildman–Crippen LogP) is 7.84. The second-order valence-corrected chi connectivity index (χ2v) is 10.4. The van der Waals surface area contributed by atoms with E-state index in [9.17, 15) is 9.50 Å². The van der Waals surface area contributed by atoms with Crippen LogP contribution in [0.3, 0.4) is 0 Å².